The van der Waals surface area contributed by atoms with Crippen molar-refractivity contribution in [3.63, 3.8) is 0 Å². The molecule has 0 bridgehead atoms. The standard InChI is InChI=1S/C19H26BrFO4/c1-2-13-24-18(22)9-7-5-3-4-6-8-10-19(23)25-17-12-11-15(21)14-16(17)20/h11-12,14H,2-10,13H2,1H3. The van der Waals surface area contributed by atoms with Gasteiger partial charge in [-0.05, 0) is 53.4 Å². The van der Waals surface area contributed by atoms with Crippen molar-refractivity contribution in [3.8, 4) is 5.75 Å². The third-order valence-electron chi connectivity index (χ3n) is 3.60. The van der Waals surface area contributed by atoms with Gasteiger partial charge in [0.1, 0.15) is 11.6 Å². The van der Waals surface area contributed by atoms with Gasteiger partial charge < -0.3 is 9.47 Å². The number of carbonyl (C=O) groups excluding carboxylic acids is 2. The molecule has 0 heterocycles. The van der Waals surface area contributed by atoms with Crippen LogP contribution in [-0.2, 0) is 14.3 Å². The molecule has 1 aromatic rings. The Hall–Kier alpha value is -1.43. The monoisotopic (exact) mass is 416 g/mol. The van der Waals surface area contributed by atoms with Crippen molar-refractivity contribution in [3.05, 3.63) is 28.5 Å². The summed E-state index contributed by atoms with van der Waals surface area (Å²) in [7, 11) is 0. The molecule has 1 aromatic carbocycles. The SMILES string of the molecule is CCCOC(=O)CCCCCCCCC(=O)Oc1ccc(F)cc1Br. The van der Waals surface area contributed by atoms with Crippen molar-refractivity contribution < 1.29 is 23.5 Å². The van der Waals surface area contributed by atoms with Crippen LogP contribution in [0.15, 0.2) is 22.7 Å². The molecule has 0 fully saturated rings. The molecule has 0 unspecified atom stereocenters. The third kappa shape index (κ3) is 10.2. The molecule has 1 rings (SSSR count). The lowest BCUT2D eigenvalue weighted by molar-refractivity contribution is -0.143. The van der Waals surface area contributed by atoms with E-state index in [1.807, 2.05) is 6.92 Å². The van der Waals surface area contributed by atoms with Gasteiger partial charge in [-0.3, -0.25) is 9.59 Å². The summed E-state index contributed by atoms with van der Waals surface area (Å²) in [4.78, 5) is 23.1. The van der Waals surface area contributed by atoms with E-state index in [1.54, 1.807) is 0 Å². The van der Waals surface area contributed by atoms with Crippen molar-refractivity contribution in [2.75, 3.05) is 6.61 Å². The molecule has 0 N–H and O–H groups in total. The third-order valence-corrected chi connectivity index (χ3v) is 4.22. The predicted molar refractivity (Wildman–Crippen MR) is 97.9 cm³/mol. The number of esters is 2. The number of unbranched alkanes of at least 4 members (excludes halogenated alkanes) is 5. The Kier molecular flexibility index (Phi) is 11.1. The Morgan fingerprint density at radius 3 is 2.20 bits per heavy atom. The van der Waals surface area contributed by atoms with Crippen molar-refractivity contribution >= 4 is 27.9 Å². The second kappa shape index (κ2) is 12.9. The van der Waals surface area contributed by atoms with E-state index in [4.69, 9.17) is 9.47 Å². The van der Waals surface area contributed by atoms with E-state index >= 15 is 0 Å². The number of hydrogen-bond acceptors (Lipinski definition) is 4. The minimum absolute atomic E-state index is 0.114. The first-order chi connectivity index (χ1) is 12.0. The molecule has 0 aliphatic rings. The largest absolute Gasteiger partial charge is 0.466 e. The lowest BCUT2D eigenvalue weighted by atomic mass is 10.1. The van der Waals surface area contributed by atoms with Gasteiger partial charge in [0.2, 0.25) is 0 Å². The number of benzene rings is 1. The van der Waals surface area contributed by atoms with Crippen LogP contribution in [0.1, 0.15) is 64.7 Å². The van der Waals surface area contributed by atoms with E-state index in [0.717, 1.165) is 44.9 Å². The van der Waals surface area contributed by atoms with Crippen LogP contribution in [0.5, 0.6) is 5.75 Å². The van der Waals surface area contributed by atoms with Crippen LogP contribution in [-0.4, -0.2) is 18.5 Å². The summed E-state index contributed by atoms with van der Waals surface area (Å²) >= 11 is 3.17. The summed E-state index contributed by atoms with van der Waals surface area (Å²) in [5.74, 6) is -0.478. The molecular formula is C19H26BrFO4. The van der Waals surface area contributed by atoms with Gasteiger partial charge in [0.05, 0.1) is 11.1 Å². The molecular weight excluding hydrogens is 391 g/mol. The van der Waals surface area contributed by atoms with Crippen molar-refractivity contribution in [2.24, 2.45) is 0 Å². The Bertz CT molecular complexity index is 548. The molecule has 4 nitrogen and oxygen atoms in total. The second-order valence-electron chi connectivity index (χ2n) is 5.89. The van der Waals surface area contributed by atoms with Crippen LogP contribution in [0.4, 0.5) is 4.39 Å². The minimum Gasteiger partial charge on any atom is -0.466 e. The Balaban J connectivity index is 2.02. The predicted octanol–water partition coefficient (Wildman–Crippen LogP) is 5.57. The summed E-state index contributed by atoms with van der Waals surface area (Å²) in [6.45, 7) is 2.48. The molecule has 0 amide bonds. The minimum atomic E-state index is -0.384. The number of rotatable bonds is 12. The van der Waals surface area contributed by atoms with Crippen LogP contribution >= 0.6 is 15.9 Å². The highest BCUT2D eigenvalue weighted by atomic mass is 79.9. The van der Waals surface area contributed by atoms with Gasteiger partial charge >= 0.3 is 11.9 Å². The molecule has 0 spiro atoms. The van der Waals surface area contributed by atoms with Gasteiger partial charge in [0, 0.05) is 12.8 Å². The highest BCUT2D eigenvalue weighted by molar-refractivity contribution is 9.10. The Morgan fingerprint density at radius 1 is 1.00 bits per heavy atom. The van der Waals surface area contributed by atoms with Crippen molar-refractivity contribution in [2.45, 2.75) is 64.7 Å². The number of hydrogen-bond donors (Lipinski definition) is 0. The molecule has 0 saturated heterocycles. The molecule has 0 saturated carbocycles. The highest BCUT2D eigenvalue weighted by Gasteiger charge is 2.09. The molecule has 0 aliphatic heterocycles. The first-order valence-electron chi connectivity index (χ1n) is 8.84. The van der Waals surface area contributed by atoms with E-state index in [2.05, 4.69) is 15.9 Å². The number of carbonyl (C=O) groups is 2. The lowest BCUT2D eigenvalue weighted by Gasteiger charge is -2.06. The zero-order valence-electron chi connectivity index (χ0n) is 14.7. The maximum Gasteiger partial charge on any atom is 0.311 e. The smallest absolute Gasteiger partial charge is 0.311 e. The number of halogens is 2. The lowest BCUT2D eigenvalue weighted by Crippen LogP contribution is -2.08. The quantitative estimate of drug-likeness (QED) is 0.254. The summed E-state index contributed by atoms with van der Waals surface area (Å²) in [5, 5.41) is 0. The van der Waals surface area contributed by atoms with E-state index in [-0.39, 0.29) is 17.8 Å². The fraction of sp³-hybridized carbons (Fsp3) is 0.579. The topological polar surface area (TPSA) is 52.6 Å². The fourth-order valence-corrected chi connectivity index (χ4v) is 2.70. The van der Waals surface area contributed by atoms with E-state index in [9.17, 15) is 14.0 Å². The zero-order valence-corrected chi connectivity index (χ0v) is 16.3. The van der Waals surface area contributed by atoms with Gasteiger partial charge in [-0.2, -0.15) is 0 Å². The van der Waals surface area contributed by atoms with Crippen LogP contribution in [0, 0.1) is 5.82 Å². The molecule has 0 atom stereocenters. The van der Waals surface area contributed by atoms with Crippen LogP contribution in [0.25, 0.3) is 0 Å². The molecule has 0 radical (unpaired) electrons. The van der Waals surface area contributed by atoms with Gasteiger partial charge in [-0.1, -0.05) is 32.6 Å². The van der Waals surface area contributed by atoms with Gasteiger partial charge in [0.15, 0.2) is 0 Å². The summed E-state index contributed by atoms with van der Waals surface area (Å²) in [6.07, 6.45) is 7.29. The molecule has 140 valence electrons. The maximum atomic E-state index is 13.0. The van der Waals surface area contributed by atoms with E-state index in [1.165, 1.54) is 18.2 Å². The van der Waals surface area contributed by atoms with Crippen molar-refractivity contribution in [1.29, 1.82) is 0 Å². The average molecular weight is 417 g/mol. The molecule has 6 heteroatoms. The van der Waals surface area contributed by atoms with Gasteiger partial charge in [-0.25, -0.2) is 4.39 Å². The first kappa shape index (κ1) is 21.6. The summed E-state index contributed by atoms with van der Waals surface area (Å²) in [6, 6.07) is 3.95. The summed E-state index contributed by atoms with van der Waals surface area (Å²) in [5.41, 5.74) is 0. The van der Waals surface area contributed by atoms with Gasteiger partial charge in [0.25, 0.3) is 0 Å². The first-order valence-corrected chi connectivity index (χ1v) is 9.63. The maximum absolute atomic E-state index is 13.0. The second-order valence-corrected chi connectivity index (χ2v) is 6.74. The Labute approximate surface area is 157 Å². The normalized spacial score (nSPS) is 10.5. The zero-order chi connectivity index (χ0) is 18.5. The van der Waals surface area contributed by atoms with Gasteiger partial charge in [-0.15, -0.1) is 0 Å². The van der Waals surface area contributed by atoms with Crippen LogP contribution in [0.3, 0.4) is 0 Å². The molecule has 0 aliphatic carbocycles. The average Bonchev–Trinajstić information content (AvgIpc) is 2.58. The number of ether oxygens (including phenoxy) is 2. The van der Waals surface area contributed by atoms with Crippen molar-refractivity contribution in [1.82, 2.24) is 0 Å². The summed E-state index contributed by atoms with van der Waals surface area (Å²) < 4.78 is 23.6. The van der Waals surface area contributed by atoms with Crippen LogP contribution < -0.4 is 4.74 Å². The fourth-order valence-electron chi connectivity index (χ4n) is 2.27. The van der Waals surface area contributed by atoms with E-state index in [0.29, 0.717) is 29.7 Å². The molecule has 0 aromatic heterocycles. The Morgan fingerprint density at radius 2 is 1.60 bits per heavy atom. The highest BCUT2D eigenvalue weighted by Crippen LogP contribution is 2.26. The molecule has 25 heavy (non-hydrogen) atoms. The van der Waals surface area contributed by atoms with Crippen LogP contribution in [0.2, 0.25) is 0 Å². The van der Waals surface area contributed by atoms with E-state index < -0.39 is 0 Å².